The van der Waals surface area contributed by atoms with Crippen LogP contribution in [0.4, 0.5) is 0 Å². The van der Waals surface area contributed by atoms with E-state index >= 15 is 0 Å². The van der Waals surface area contributed by atoms with E-state index in [1.54, 1.807) is 0 Å². The molecule has 1 aromatic carbocycles. The topological polar surface area (TPSA) is 22.8 Å². The van der Waals surface area contributed by atoms with Gasteiger partial charge < -0.3 is 4.57 Å². The van der Waals surface area contributed by atoms with E-state index in [9.17, 15) is 0 Å². The van der Waals surface area contributed by atoms with Gasteiger partial charge in [-0.25, -0.2) is 0 Å². The largest absolute Gasteiger partial charge is 0.301 e. The molecule has 0 spiro atoms. The highest BCUT2D eigenvalue weighted by Gasteiger charge is 2.20. The van der Waals surface area contributed by atoms with Gasteiger partial charge in [0.05, 0.1) is 11.2 Å². The predicted molar refractivity (Wildman–Crippen MR) is 93.1 cm³/mol. The van der Waals surface area contributed by atoms with Crippen molar-refractivity contribution in [2.24, 2.45) is 7.05 Å². The van der Waals surface area contributed by atoms with Gasteiger partial charge >= 0.3 is 0 Å². The summed E-state index contributed by atoms with van der Waals surface area (Å²) in [6.07, 6.45) is 4.46. The van der Waals surface area contributed by atoms with Crippen molar-refractivity contribution < 1.29 is 0 Å². The highest BCUT2D eigenvalue weighted by molar-refractivity contribution is 6.31. The third kappa shape index (κ3) is 2.44. The van der Waals surface area contributed by atoms with Crippen molar-refractivity contribution in [3.05, 3.63) is 46.7 Å². The Labute approximate surface area is 136 Å². The van der Waals surface area contributed by atoms with Gasteiger partial charge in [0.15, 0.2) is 0 Å². The highest BCUT2D eigenvalue weighted by Crippen LogP contribution is 2.32. The minimum Gasteiger partial charge on any atom is -0.301 e. The maximum Gasteiger partial charge on any atom is 0.138 e. The van der Waals surface area contributed by atoms with Crippen LogP contribution in [-0.4, -0.2) is 14.3 Å². The second kappa shape index (κ2) is 5.81. The molecule has 22 heavy (non-hydrogen) atoms. The van der Waals surface area contributed by atoms with E-state index in [-0.39, 0.29) is 0 Å². The summed E-state index contributed by atoms with van der Waals surface area (Å²) in [7, 11) is 2.02. The molecule has 0 aliphatic rings. The minimum absolute atomic E-state index is 0.499. The van der Waals surface area contributed by atoms with Crippen molar-refractivity contribution in [1.29, 1.82) is 0 Å². The lowest BCUT2D eigenvalue weighted by molar-refractivity contribution is 0.655. The highest BCUT2D eigenvalue weighted by atomic mass is 35.5. The molecule has 0 aliphatic carbocycles. The average molecular weight is 316 g/mol. The van der Waals surface area contributed by atoms with Crippen molar-refractivity contribution in [3.8, 4) is 5.82 Å². The van der Waals surface area contributed by atoms with E-state index < -0.39 is 0 Å². The number of halogens is 1. The molecule has 2 heterocycles. The number of aryl methyl sites for hydroxylation is 2. The fourth-order valence-electron chi connectivity index (χ4n) is 3.40. The van der Waals surface area contributed by atoms with Gasteiger partial charge in [-0.1, -0.05) is 31.9 Å². The molecule has 4 heteroatoms. The normalized spacial score (nSPS) is 13.0. The van der Waals surface area contributed by atoms with Crippen LogP contribution in [0.15, 0.2) is 30.5 Å². The lowest BCUT2D eigenvalue weighted by Crippen LogP contribution is -2.06. The molecular formula is C18H22ClN3. The van der Waals surface area contributed by atoms with Crippen LogP contribution >= 0.6 is 11.6 Å². The number of aromatic nitrogens is 3. The first-order chi connectivity index (χ1) is 10.5. The number of hydrogen-bond acceptors (Lipinski definition) is 1. The number of hydrogen-bond donors (Lipinski definition) is 0. The van der Waals surface area contributed by atoms with Crippen LogP contribution in [-0.2, 0) is 7.05 Å². The Bertz CT molecular complexity index is 813. The van der Waals surface area contributed by atoms with Gasteiger partial charge in [-0.05, 0) is 43.5 Å². The first-order valence-electron chi connectivity index (χ1n) is 7.83. The van der Waals surface area contributed by atoms with Crippen molar-refractivity contribution in [1.82, 2.24) is 14.3 Å². The van der Waals surface area contributed by atoms with Crippen molar-refractivity contribution in [2.75, 3.05) is 0 Å². The molecule has 0 bridgehead atoms. The molecule has 2 aromatic heterocycles. The molecule has 0 radical (unpaired) electrons. The van der Waals surface area contributed by atoms with Crippen molar-refractivity contribution in [2.45, 2.75) is 39.5 Å². The molecule has 0 aliphatic heterocycles. The van der Waals surface area contributed by atoms with E-state index in [1.807, 2.05) is 23.9 Å². The summed E-state index contributed by atoms with van der Waals surface area (Å²) in [5.74, 6) is 1.66. The van der Waals surface area contributed by atoms with Gasteiger partial charge in [0.2, 0.25) is 0 Å². The number of fused-ring (bicyclic) bond motifs is 1. The smallest absolute Gasteiger partial charge is 0.138 e. The Morgan fingerprint density at radius 2 is 2.05 bits per heavy atom. The first-order valence-corrected chi connectivity index (χ1v) is 8.21. The summed E-state index contributed by atoms with van der Waals surface area (Å²) in [5.41, 5.74) is 3.63. The van der Waals surface area contributed by atoms with Crippen molar-refractivity contribution in [3.63, 3.8) is 0 Å². The van der Waals surface area contributed by atoms with Gasteiger partial charge in [-0.3, -0.25) is 4.68 Å². The quantitative estimate of drug-likeness (QED) is 0.646. The van der Waals surface area contributed by atoms with Crippen LogP contribution in [0.5, 0.6) is 0 Å². The monoisotopic (exact) mass is 315 g/mol. The fourth-order valence-corrected chi connectivity index (χ4v) is 3.58. The standard InChI is InChI=1S/C18H22ClN3/c1-5-6-12(2)17-13(3)20-21(4)18(17)22-10-9-14-11-15(19)7-8-16(14)22/h7-12H,5-6H2,1-4H3. The third-order valence-electron chi connectivity index (χ3n) is 4.33. The summed E-state index contributed by atoms with van der Waals surface area (Å²) >= 11 is 6.11. The molecular weight excluding hydrogens is 294 g/mol. The number of rotatable bonds is 4. The van der Waals surface area contributed by atoms with Gasteiger partial charge in [0.25, 0.3) is 0 Å². The Morgan fingerprint density at radius 3 is 2.77 bits per heavy atom. The zero-order chi connectivity index (χ0) is 15.9. The Kier molecular flexibility index (Phi) is 4.00. The Morgan fingerprint density at radius 1 is 1.27 bits per heavy atom. The predicted octanol–water partition coefficient (Wildman–Crippen LogP) is 5.23. The van der Waals surface area contributed by atoms with E-state index in [0.29, 0.717) is 5.92 Å². The van der Waals surface area contributed by atoms with E-state index in [0.717, 1.165) is 27.4 Å². The molecule has 0 amide bonds. The van der Waals surface area contributed by atoms with Crippen LogP contribution < -0.4 is 0 Å². The first kappa shape index (κ1) is 15.2. The molecule has 116 valence electrons. The maximum atomic E-state index is 6.11. The van der Waals surface area contributed by atoms with Crippen LogP contribution in [0, 0.1) is 6.92 Å². The van der Waals surface area contributed by atoms with Gasteiger partial charge in [-0.2, -0.15) is 5.10 Å². The van der Waals surface area contributed by atoms with Crippen molar-refractivity contribution >= 4 is 22.5 Å². The molecule has 3 nitrogen and oxygen atoms in total. The van der Waals surface area contributed by atoms with E-state index in [4.69, 9.17) is 11.6 Å². The van der Waals surface area contributed by atoms with Gasteiger partial charge in [0, 0.05) is 29.2 Å². The number of nitrogens with zero attached hydrogens (tertiary/aromatic N) is 3. The Hall–Kier alpha value is -1.74. The van der Waals surface area contributed by atoms with Crippen LogP contribution in [0.2, 0.25) is 5.02 Å². The van der Waals surface area contributed by atoms with E-state index in [1.165, 1.54) is 18.4 Å². The molecule has 3 rings (SSSR count). The summed E-state index contributed by atoms with van der Waals surface area (Å²) in [6, 6.07) is 8.14. The lowest BCUT2D eigenvalue weighted by Gasteiger charge is -2.15. The second-order valence-electron chi connectivity index (χ2n) is 6.02. The average Bonchev–Trinajstić information content (AvgIpc) is 2.98. The molecule has 1 atom stereocenters. The third-order valence-corrected chi connectivity index (χ3v) is 4.57. The molecule has 0 fully saturated rings. The zero-order valence-corrected chi connectivity index (χ0v) is 14.4. The second-order valence-corrected chi connectivity index (χ2v) is 6.46. The van der Waals surface area contributed by atoms with Crippen LogP contribution in [0.3, 0.4) is 0 Å². The molecule has 0 saturated carbocycles. The summed E-state index contributed by atoms with van der Waals surface area (Å²) in [5, 5.41) is 6.59. The lowest BCUT2D eigenvalue weighted by atomic mass is 9.96. The summed E-state index contributed by atoms with van der Waals surface area (Å²) in [6.45, 7) is 6.63. The van der Waals surface area contributed by atoms with Crippen LogP contribution in [0.25, 0.3) is 16.7 Å². The maximum absolute atomic E-state index is 6.11. The minimum atomic E-state index is 0.499. The van der Waals surface area contributed by atoms with Gasteiger partial charge in [-0.15, -0.1) is 0 Å². The summed E-state index contributed by atoms with van der Waals surface area (Å²) < 4.78 is 4.22. The zero-order valence-electron chi connectivity index (χ0n) is 13.6. The Balaban J connectivity index is 2.22. The van der Waals surface area contributed by atoms with Gasteiger partial charge in [0.1, 0.15) is 5.82 Å². The molecule has 0 saturated heterocycles. The molecule has 3 aromatic rings. The fraction of sp³-hybridized carbons (Fsp3) is 0.389. The van der Waals surface area contributed by atoms with Crippen LogP contribution in [0.1, 0.15) is 43.9 Å². The number of benzene rings is 1. The SMILES string of the molecule is CCCC(C)c1c(C)nn(C)c1-n1ccc2cc(Cl)ccc21. The molecule has 0 N–H and O–H groups in total. The van der Waals surface area contributed by atoms with E-state index in [2.05, 4.69) is 48.8 Å². The summed E-state index contributed by atoms with van der Waals surface area (Å²) in [4.78, 5) is 0. The molecule has 1 unspecified atom stereocenters.